The smallest absolute Gasteiger partial charge is 0.254 e. The molecule has 0 spiro atoms. The number of hydrogen-bond donors (Lipinski definition) is 1. The fourth-order valence-electron chi connectivity index (χ4n) is 3.75. The highest BCUT2D eigenvalue weighted by atomic mass is 16.3. The molecule has 2 heterocycles. The zero-order chi connectivity index (χ0) is 14.9. The molecule has 116 valence electrons. The third kappa shape index (κ3) is 2.98. The van der Waals surface area contributed by atoms with Gasteiger partial charge >= 0.3 is 0 Å². The van der Waals surface area contributed by atoms with Crippen LogP contribution in [0.15, 0.2) is 12.4 Å². The molecule has 0 saturated heterocycles. The fourth-order valence-corrected chi connectivity index (χ4v) is 3.75. The number of fused-ring (bicyclic) bond motifs is 1. The lowest BCUT2D eigenvalue weighted by Crippen LogP contribution is -2.50. The van der Waals surface area contributed by atoms with E-state index in [9.17, 15) is 9.90 Å². The van der Waals surface area contributed by atoms with Gasteiger partial charge in [-0.1, -0.05) is 19.3 Å². The van der Waals surface area contributed by atoms with E-state index in [1.807, 2.05) is 19.4 Å². The van der Waals surface area contributed by atoms with E-state index in [-0.39, 0.29) is 5.91 Å². The molecule has 1 saturated carbocycles. The van der Waals surface area contributed by atoms with Crippen LogP contribution >= 0.6 is 0 Å². The summed E-state index contributed by atoms with van der Waals surface area (Å²) in [4.78, 5) is 18.7. The summed E-state index contributed by atoms with van der Waals surface area (Å²) in [6, 6.07) is 0. The van der Waals surface area contributed by atoms with Crippen molar-refractivity contribution in [3.63, 3.8) is 0 Å². The highest BCUT2D eigenvalue weighted by Crippen LogP contribution is 2.30. The molecule has 1 aliphatic carbocycles. The zero-order valence-electron chi connectivity index (χ0n) is 12.8. The Balaban J connectivity index is 1.59. The maximum absolute atomic E-state index is 12.5. The summed E-state index contributed by atoms with van der Waals surface area (Å²) in [7, 11) is 1.83. The molecule has 0 aromatic carbocycles. The Kier molecular flexibility index (Phi) is 4.02. The van der Waals surface area contributed by atoms with Crippen molar-refractivity contribution < 1.29 is 9.90 Å². The van der Waals surface area contributed by atoms with Crippen molar-refractivity contribution in [3.8, 4) is 0 Å². The number of hydrogen-bond acceptors (Lipinski definition) is 3. The van der Waals surface area contributed by atoms with Gasteiger partial charge in [-0.3, -0.25) is 4.79 Å². The quantitative estimate of drug-likeness (QED) is 0.920. The van der Waals surface area contributed by atoms with Crippen molar-refractivity contribution in [1.82, 2.24) is 14.5 Å². The van der Waals surface area contributed by atoms with Gasteiger partial charge in [-0.25, -0.2) is 4.98 Å². The molecule has 1 fully saturated rings. The minimum atomic E-state index is -1.11. The van der Waals surface area contributed by atoms with Crippen LogP contribution in [0.3, 0.4) is 0 Å². The van der Waals surface area contributed by atoms with Crippen molar-refractivity contribution in [2.24, 2.45) is 5.92 Å². The highest BCUT2D eigenvalue weighted by molar-refractivity contribution is 5.84. The number of likely N-dealkylation sites (N-methyl/N-ethyl adjacent to an activating group) is 1. The second-order valence-corrected chi connectivity index (χ2v) is 6.67. The molecule has 5 heteroatoms. The monoisotopic (exact) mass is 291 g/mol. The number of nitrogens with zero attached hydrogens (tertiary/aromatic N) is 3. The Bertz CT molecular complexity index is 505. The first-order chi connectivity index (χ1) is 10.1. The summed E-state index contributed by atoms with van der Waals surface area (Å²) >= 11 is 0. The summed E-state index contributed by atoms with van der Waals surface area (Å²) in [6.45, 7) is 1.69. The molecule has 1 aromatic heterocycles. The lowest BCUT2D eigenvalue weighted by atomic mass is 9.83. The van der Waals surface area contributed by atoms with Crippen LogP contribution in [-0.4, -0.2) is 44.7 Å². The van der Waals surface area contributed by atoms with Crippen molar-refractivity contribution in [2.75, 3.05) is 13.6 Å². The average molecular weight is 291 g/mol. The van der Waals surface area contributed by atoms with E-state index in [0.29, 0.717) is 25.3 Å². The number of aryl methyl sites for hydroxylation is 1. The minimum absolute atomic E-state index is 0.0869. The molecular weight excluding hydrogens is 266 g/mol. The Labute approximate surface area is 126 Å². The number of amides is 1. The van der Waals surface area contributed by atoms with Crippen molar-refractivity contribution in [3.05, 3.63) is 18.2 Å². The van der Waals surface area contributed by atoms with E-state index < -0.39 is 5.60 Å². The Morgan fingerprint density at radius 2 is 2.24 bits per heavy atom. The van der Waals surface area contributed by atoms with Crippen LogP contribution in [0.4, 0.5) is 0 Å². The number of aromatic nitrogens is 2. The molecule has 1 unspecified atom stereocenters. The predicted molar refractivity (Wildman–Crippen MR) is 79.7 cm³/mol. The molecule has 1 aliphatic heterocycles. The van der Waals surface area contributed by atoms with Gasteiger partial charge in [-0.05, 0) is 25.2 Å². The lowest BCUT2D eigenvalue weighted by Gasteiger charge is -2.36. The van der Waals surface area contributed by atoms with Crippen molar-refractivity contribution in [2.45, 2.75) is 57.1 Å². The summed E-state index contributed by atoms with van der Waals surface area (Å²) in [5.74, 6) is 1.47. The van der Waals surface area contributed by atoms with Crippen molar-refractivity contribution >= 4 is 5.91 Å². The third-order valence-corrected chi connectivity index (χ3v) is 5.01. The van der Waals surface area contributed by atoms with Gasteiger partial charge < -0.3 is 14.6 Å². The Hall–Kier alpha value is -1.36. The first-order valence-corrected chi connectivity index (χ1v) is 8.06. The molecule has 0 radical (unpaired) electrons. The van der Waals surface area contributed by atoms with E-state index in [1.165, 1.54) is 0 Å². The number of rotatable bonds is 3. The van der Waals surface area contributed by atoms with Gasteiger partial charge in [0, 0.05) is 39.0 Å². The minimum Gasteiger partial charge on any atom is -0.380 e. The van der Waals surface area contributed by atoms with Gasteiger partial charge in [0.2, 0.25) is 0 Å². The topological polar surface area (TPSA) is 58.4 Å². The molecule has 2 aliphatic rings. The van der Waals surface area contributed by atoms with Gasteiger partial charge in [-0.15, -0.1) is 0 Å². The highest BCUT2D eigenvalue weighted by Gasteiger charge is 2.39. The van der Waals surface area contributed by atoms with Crippen LogP contribution in [0.5, 0.6) is 0 Å². The molecule has 1 amide bonds. The fraction of sp³-hybridized carbons (Fsp3) is 0.750. The second-order valence-electron chi connectivity index (χ2n) is 6.67. The first kappa shape index (κ1) is 14.6. The SMILES string of the molecule is CN(CC1CCn2ccnc2C1)C(=O)C1(O)CCCCC1. The van der Waals surface area contributed by atoms with Crippen LogP contribution in [0.2, 0.25) is 0 Å². The maximum atomic E-state index is 12.5. The van der Waals surface area contributed by atoms with Crippen molar-refractivity contribution in [1.29, 1.82) is 0 Å². The van der Waals surface area contributed by atoms with Crippen LogP contribution in [0.25, 0.3) is 0 Å². The molecule has 21 heavy (non-hydrogen) atoms. The summed E-state index contributed by atoms with van der Waals surface area (Å²) < 4.78 is 2.19. The third-order valence-electron chi connectivity index (χ3n) is 5.01. The lowest BCUT2D eigenvalue weighted by molar-refractivity contribution is -0.154. The molecule has 1 N–H and O–H groups in total. The Morgan fingerprint density at radius 1 is 1.48 bits per heavy atom. The standard InChI is InChI=1S/C16H25N3O2/c1-18(15(20)16(21)6-3-2-4-7-16)12-13-5-9-19-10-8-17-14(19)11-13/h8,10,13,21H,2-7,9,11-12H2,1H3. The van der Waals surface area contributed by atoms with Gasteiger partial charge in [0.15, 0.2) is 0 Å². The summed E-state index contributed by atoms with van der Waals surface area (Å²) in [6.07, 6.45) is 10.1. The molecule has 3 rings (SSSR count). The van der Waals surface area contributed by atoms with Gasteiger partial charge in [0.05, 0.1) is 0 Å². The largest absolute Gasteiger partial charge is 0.380 e. The number of carbonyl (C=O) groups excluding carboxylic acids is 1. The number of imidazole rings is 1. The number of carbonyl (C=O) groups is 1. The van der Waals surface area contributed by atoms with E-state index in [0.717, 1.165) is 44.5 Å². The van der Waals surface area contributed by atoms with Gasteiger partial charge in [0.25, 0.3) is 5.91 Å². The van der Waals surface area contributed by atoms with E-state index >= 15 is 0 Å². The first-order valence-electron chi connectivity index (χ1n) is 8.06. The summed E-state index contributed by atoms with van der Waals surface area (Å²) in [5.41, 5.74) is -1.11. The molecular formula is C16H25N3O2. The van der Waals surface area contributed by atoms with Gasteiger partial charge in [0.1, 0.15) is 11.4 Å². The van der Waals surface area contributed by atoms with E-state index in [4.69, 9.17) is 0 Å². The average Bonchev–Trinajstić information content (AvgIpc) is 2.94. The second kappa shape index (κ2) is 5.79. The molecule has 5 nitrogen and oxygen atoms in total. The van der Waals surface area contributed by atoms with E-state index in [2.05, 4.69) is 9.55 Å². The maximum Gasteiger partial charge on any atom is 0.254 e. The van der Waals surface area contributed by atoms with Crippen LogP contribution < -0.4 is 0 Å². The van der Waals surface area contributed by atoms with Crippen LogP contribution in [-0.2, 0) is 17.8 Å². The van der Waals surface area contributed by atoms with Crippen LogP contribution in [0.1, 0.15) is 44.3 Å². The molecule has 1 aromatic rings. The molecule has 1 atom stereocenters. The molecule has 0 bridgehead atoms. The Morgan fingerprint density at radius 3 is 3.00 bits per heavy atom. The normalized spacial score (nSPS) is 24.4. The predicted octanol–water partition coefficient (Wildman–Crippen LogP) is 1.60. The zero-order valence-corrected chi connectivity index (χ0v) is 12.8. The number of aliphatic hydroxyl groups is 1. The van der Waals surface area contributed by atoms with E-state index in [1.54, 1.807) is 4.90 Å². The van der Waals surface area contributed by atoms with Gasteiger partial charge in [-0.2, -0.15) is 0 Å². The van der Waals surface area contributed by atoms with Crippen LogP contribution in [0, 0.1) is 5.92 Å². The summed E-state index contributed by atoms with van der Waals surface area (Å²) in [5, 5.41) is 10.6.